The lowest BCUT2D eigenvalue weighted by Crippen LogP contribution is -2.60. The Bertz CT molecular complexity index is 3960. The second-order valence-corrected chi connectivity index (χ2v) is 20.8. The van der Waals surface area contributed by atoms with E-state index in [1.165, 1.54) is 81.3 Å². The molecule has 0 atom stereocenters. The van der Waals surface area contributed by atoms with Crippen molar-refractivity contribution in [2.75, 3.05) is 4.81 Å². The van der Waals surface area contributed by atoms with Gasteiger partial charge in [-0.15, -0.1) is 11.3 Å². The van der Waals surface area contributed by atoms with Gasteiger partial charge in [-0.2, -0.15) is 0 Å². The molecule has 8 aromatic carbocycles. The van der Waals surface area contributed by atoms with Crippen LogP contribution in [0.4, 0.5) is 11.4 Å². The van der Waals surface area contributed by atoms with Crippen LogP contribution in [-0.2, 0) is 10.8 Å². The molecule has 6 heterocycles. The molecule has 0 saturated carbocycles. The van der Waals surface area contributed by atoms with Gasteiger partial charge >= 0.3 is 6.85 Å². The van der Waals surface area contributed by atoms with E-state index in [1.807, 2.05) is 11.3 Å². The Balaban J connectivity index is 1.16. The summed E-state index contributed by atoms with van der Waals surface area (Å²) in [6.45, 7) is 13.6. The van der Waals surface area contributed by atoms with E-state index in [0.29, 0.717) is 0 Å². The predicted molar refractivity (Wildman–Crippen MR) is 265 cm³/mol. The summed E-state index contributed by atoms with van der Waals surface area (Å²) in [7, 11) is 0. The molecule has 2 aliphatic rings. The predicted octanol–water partition coefficient (Wildman–Crippen LogP) is 14.8. The van der Waals surface area contributed by atoms with Crippen molar-refractivity contribution in [3.63, 3.8) is 0 Å². The lowest BCUT2D eigenvalue weighted by atomic mass is 9.44. The van der Waals surface area contributed by atoms with E-state index in [4.69, 9.17) is 8.83 Å². The number of para-hydroxylation sites is 1. The molecule has 2 aliphatic heterocycles. The Kier molecular flexibility index (Phi) is 6.52. The van der Waals surface area contributed by atoms with E-state index in [9.17, 15) is 0 Å². The average Bonchev–Trinajstić information content (AvgIpc) is 4.02. The second kappa shape index (κ2) is 11.6. The molecular formula is C56H41BN2O2S. The van der Waals surface area contributed by atoms with Crippen molar-refractivity contribution in [3.05, 3.63) is 151 Å². The SMILES string of the molecule is CC(C)(C)c1ccc(N2B3c4cc5sc6ccccc6c5cc4-n4c5ccc6c7ccccc7oc6c5c5ccc(c3c54)-c3cc4oc5cc(C(C)(C)C)ccc5c4cc32)cc1. The summed E-state index contributed by atoms with van der Waals surface area (Å²) in [4.78, 5) is 2.64. The van der Waals surface area contributed by atoms with Crippen LogP contribution in [-0.4, -0.2) is 11.4 Å². The van der Waals surface area contributed by atoms with Crippen LogP contribution in [0, 0.1) is 0 Å². The Hall–Kier alpha value is -6.76. The van der Waals surface area contributed by atoms with Crippen molar-refractivity contribution in [1.29, 1.82) is 0 Å². The fraction of sp³-hybridized carbons (Fsp3) is 0.143. The summed E-state index contributed by atoms with van der Waals surface area (Å²) in [5.74, 6) is 0. The molecule has 0 aliphatic carbocycles. The van der Waals surface area contributed by atoms with Gasteiger partial charge in [0.15, 0.2) is 0 Å². The van der Waals surface area contributed by atoms with Crippen LogP contribution in [0.3, 0.4) is 0 Å². The van der Waals surface area contributed by atoms with E-state index in [2.05, 4.69) is 190 Å². The van der Waals surface area contributed by atoms with Gasteiger partial charge in [-0.1, -0.05) is 114 Å². The Morgan fingerprint density at radius 3 is 2.02 bits per heavy atom. The summed E-state index contributed by atoms with van der Waals surface area (Å²) in [6.07, 6.45) is 0. The van der Waals surface area contributed by atoms with Crippen molar-refractivity contribution >= 4 is 126 Å². The van der Waals surface area contributed by atoms with Gasteiger partial charge in [-0.25, -0.2) is 0 Å². The molecule has 4 nitrogen and oxygen atoms in total. The molecule has 0 radical (unpaired) electrons. The van der Waals surface area contributed by atoms with Gasteiger partial charge in [0.2, 0.25) is 0 Å². The normalized spacial score (nSPS) is 13.9. The highest BCUT2D eigenvalue weighted by Crippen LogP contribution is 2.50. The summed E-state index contributed by atoms with van der Waals surface area (Å²) in [6, 6.07) is 52.5. The fourth-order valence-corrected chi connectivity index (χ4v) is 12.1. The topological polar surface area (TPSA) is 34.5 Å². The first kappa shape index (κ1) is 34.9. The maximum Gasteiger partial charge on any atom is 0.333 e. The van der Waals surface area contributed by atoms with Crippen LogP contribution < -0.4 is 15.7 Å². The third kappa shape index (κ3) is 4.47. The minimum absolute atomic E-state index is 0.00876. The molecule has 12 aromatic rings. The fourth-order valence-electron chi connectivity index (χ4n) is 11.0. The first-order chi connectivity index (χ1) is 30.0. The maximum atomic E-state index is 6.85. The molecule has 62 heavy (non-hydrogen) atoms. The van der Waals surface area contributed by atoms with Crippen molar-refractivity contribution in [2.45, 2.75) is 52.4 Å². The zero-order valence-corrected chi connectivity index (χ0v) is 36.3. The summed E-state index contributed by atoms with van der Waals surface area (Å²) in [5, 5.41) is 9.53. The molecule has 0 fully saturated rings. The Morgan fingerprint density at radius 2 is 1.19 bits per heavy atom. The quantitative estimate of drug-likeness (QED) is 0.155. The van der Waals surface area contributed by atoms with Crippen LogP contribution in [0.1, 0.15) is 52.7 Å². The first-order valence-electron chi connectivity index (χ1n) is 21.8. The molecule has 4 aromatic heterocycles. The van der Waals surface area contributed by atoms with E-state index in [1.54, 1.807) is 0 Å². The van der Waals surface area contributed by atoms with Crippen LogP contribution in [0.25, 0.3) is 103 Å². The molecule has 6 heteroatoms. The molecule has 0 N–H and O–H groups in total. The van der Waals surface area contributed by atoms with Gasteiger partial charge in [0.25, 0.3) is 0 Å². The van der Waals surface area contributed by atoms with Crippen molar-refractivity contribution in [2.24, 2.45) is 0 Å². The van der Waals surface area contributed by atoms with E-state index >= 15 is 0 Å². The van der Waals surface area contributed by atoms with Crippen LogP contribution in [0.5, 0.6) is 0 Å². The first-order valence-corrected chi connectivity index (χ1v) is 22.6. The average molecular weight is 817 g/mol. The molecule has 14 rings (SSSR count). The Labute approximate surface area is 362 Å². The number of thiophene rings is 1. The zero-order chi connectivity index (χ0) is 41.6. The molecule has 296 valence electrons. The monoisotopic (exact) mass is 816 g/mol. The minimum atomic E-state index is -0.114. The summed E-state index contributed by atoms with van der Waals surface area (Å²) in [5.41, 5.74) is 17.3. The number of aromatic nitrogens is 1. The lowest BCUT2D eigenvalue weighted by molar-refractivity contribution is 0.587. The maximum absolute atomic E-state index is 6.85. The van der Waals surface area contributed by atoms with Gasteiger partial charge in [0.05, 0.1) is 16.4 Å². The molecule has 0 spiro atoms. The highest BCUT2D eigenvalue weighted by Gasteiger charge is 2.45. The Morgan fingerprint density at radius 1 is 0.500 bits per heavy atom. The zero-order valence-electron chi connectivity index (χ0n) is 35.5. The number of fused-ring (bicyclic) bond motifs is 18. The van der Waals surface area contributed by atoms with Gasteiger partial charge in [-0.05, 0) is 105 Å². The molecular weight excluding hydrogens is 776 g/mol. The van der Waals surface area contributed by atoms with Gasteiger partial charge < -0.3 is 18.2 Å². The van der Waals surface area contributed by atoms with Crippen molar-refractivity contribution < 1.29 is 8.83 Å². The third-order valence-electron chi connectivity index (χ3n) is 14.1. The minimum Gasteiger partial charge on any atom is -0.456 e. The highest BCUT2D eigenvalue weighted by molar-refractivity contribution is 7.26. The molecule has 0 saturated heterocycles. The van der Waals surface area contributed by atoms with E-state index in [0.717, 1.165) is 54.8 Å². The largest absolute Gasteiger partial charge is 0.456 e. The third-order valence-corrected chi connectivity index (χ3v) is 15.2. The number of benzene rings is 8. The van der Waals surface area contributed by atoms with E-state index in [-0.39, 0.29) is 17.7 Å². The summed E-state index contributed by atoms with van der Waals surface area (Å²) >= 11 is 1.89. The number of hydrogen-bond acceptors (Lipinski definition) is 4. The number of nitrogens with zero attached hydrogens (tertiary/aromatic N) is 2. The number of anilines is 2. The van der Waals surface area contributed by atoms with Gasteiger partial charge in [-0.3, -0.25) is 0 Å². The lowest BCUT2D eigenvalue weighted by Gasteiger charge is -2.42. The number of rotatable bonds is 1. The molecule has 0 bridgehead atoms. The molecule has 0 amide bonds. The van der Waals surface area contributed by atoms with Gasteiger partial charge in [0, 0.05) is 69.7 Å². The van der Waals surface area contributed by atoms with Crippen molar-refractivity contribution in [1.82, 2.24) is 4.57 Å². The van der Waals surface area contributed by atoms with Gasteiger partial charge in [0.1, 0.15) is 22.3 Å². The van der Waals surface area contributed by atoms with Crippen LogP contribution in [0.15, 0.2) is 148 Å². The van der Waals surface area contributed by atoms with Crippen LogP contribution in [0.2, 0.25) is 0 Å². The smallest absolute Gasteiger partial charge is 0.333 e. The standard InChI is InChI=1S/C56H41BN2O2S/c1-55(2,3)30-15-18-32(19-16-30)59-44-26-40-34-20-17-31(56(4,5)6)25-47(34)60-48(40)28-39(44)36-21-22-38-51-43(24-23-37-33-11-7-9-13-46(33)61-54(37)51)58-45-27-41-35-12-8-10-14-49(35)62-50(41)29-42(45)57(59)52(36)53(38)58/h7-29H,1-6H3. The number of furan rings is 2. The highest BCUT2D eigenvalue weighted by atomic mass is 32.1. The number of hydrogen-bond donors (Lipinski definition) is 0. The summed E-state index contributed by atoms with van der Waals surface area (Å²) < 4.78 is 18.9. The molecule has 0 unspecified atom stereocenters. The van der Waals surface area contributed by atoms with Crippen LogP contribution >= 0.6 is 11.3 Å². The van der Waals surface area contributed by atoms with Crippen molar-refractivity contribution in [3.8, 4) is 16.8 Å². The van der Waals surface area contributed by atoms with E-state index < -0.39 is 0 Å². The second-order valence-electron chi connectivity index (χ2n) is 19.7.